The van der Waals surface area contributed by atoms with Crippen molar-refractivity contribution in [1.29, 1.82) is 0 Å². The summed E-state index contributed by atoms with van der Waals surface area (Å²) in [7, 11) is 0. The molecule has 3 aromatic rings. The van der Waals surface area contributed by atoms with Gasteiger partial charge in [0.1, 0.15) is 11.5 Å². The van der Waals surface area contributed by atoms with Gasteiger partial charge >= 0.3 is 0 Å². The molecule has 0 amide bonds. The molecule has 0 saturated heterocycles. The summed E-state index contributed by atoms with van der Waals surface area (Å²) in [5.74, 6) is 4.82. The largest absolute Gasteiger partial charge is 0.206 e. The SMILES string of the molecule is CC(C)Cc1ccc(-c2ccc(C#Cc3cc(F)c(N=C=S)cc3F)cc2)cc1. The molecule has 144 valence electrons. The number of isothiocyanates is 1. The third-order valence-electron chi connectivity index (χ3n) is 4.36. The Kier molecular flexibility index (Phi) is 6.67. The first-order valence-corrected chi connectivity index (χ1v) is 9.65. The van der Waals surface area contributed by atoms with E-state index in [0.29, 0.717) is 11.5 Å². The Hall–Kier alpha value is -3.12. The molecular weight excluding hydrogens is 384 g/mol. The zero-order valence-electron chi connectivity index (χ0n) is 16.2. The average molecular weight is 403 g/mol. The maximum atomic E-state index is 14.1. The van der Waals surface area contributed by atoms with Crippen LogP contribution in [0.15, 0.2) is 65.7 Å². The maximum absolute atomic E-state index is 14.1. The van der Waals surface area contributed by atoms with Crippen LogP contribution >= 0.6 is 12.2 Å². The maximum Gasteiger partial charge on any atom is 0.151 e. The number of nitrogens with zero attached hydrogens (tertiary/aromatic N) is 1. The Balaban J connectivity index is 1.78. The third-order valence-corrected chi connectivity index (χ3v) is 4.45. The number of hydrogen-bond donors (Lipinski definition) is 0. The van der Waals surface area contributed by atoms with E-state index in [-0.39, 0.29) is 11.3 Å². The van der Waals surface area contributed by atoms with E-state index in [2.05, 4.69) is 67.2 Å². The Morgan fingerprint density at radius 2 is 1.48 bits per heavy atom. The third kappa shape index (κ3) is 5.45. The Labute approximate surface area is 175 Å². The van der Waals surface area contributed by atoms with Crippen LogP contribution in [0.2, 0.25) is 0 Å². The van der Waals surface area contributed by atoms with Gasteiger partial charge in [-0.25, -0.2) is 8.78 Å². The lowest BCUT2D eigenvalue weighted by Crippen LogP contribution is -1.93. The van der Waals surface area contributed by atoms with Gasteiger partial charge in [0.25, 0.3) is 0 Å². The molecule has 0 atom stereocenters. The van der Waals surface area contributed by atoms with Gasteiger partial charge in [-0.1, -0.05) is 62.1 Å². The zero-order valence-corrected chi connectivity index (χ0v) is 17.0. The smallest absolute Gasteiger partial charge is 0.151 e. The van der Waals surface area contributed by atoms with Crippen molar-refractivity contribution in [3.8, 4) is 23.0 Å². The van der Waals surface area contributed by atoms with Crippen LogP contribution < -0.4 is 0 Å². The second-order valence-corrected chi connectivity index (χ2v) is 7.29. The number of hydrogen-bond acceptors (Lipinski definition) is 2. The zero-order chi connectivity index (χ0) is 20.8. The number of aliphatic imine (C=N–C) groups is 1. The molecule has 0 saturated carbocycles. The van der Waals surface area contributed by atoms with Gasteiger partial charge in [-0.3, -0.25) is 0 Å². The van der Waals surface area contributed by atoms with Crippen LogP contribution in [0, 0.1) is 29.4 Å². The first-order chi connectivity index (χ1) is 14.0. The molecule has 0 aliphatic carbocycles. The molecule has 0 unspecified atom stereocenters. The summed E-state index contributed by atoms with van der Waals surface area (Å²) in [4.78, 5) is 3.49. The highest BCUT2D eigenvalue weighted by Crippen LogP contribution is 2.23. The minimum absolute atomic E-state index is 0.0318. The van der Waals surface area contributed by atoms with Crippen molar-refractivity contribution in [2.45, 2.75) is 20.3 Å². The topological polar surface area (TPSA) is 12.4 Å². The fraction of sp³-hybridized carbons (Fsp3) is 0.160. The highest BCUT2D eigenvalue weighted by molar-refractivity contribution is 7.78. The van der Waals surface area contributed by atoms with E-state index in [4.69, 9.17) is 0 Å². The molecular formula is C25H19F2NS. The van der Waals surface area contributed by atoms with Crippen LogP contribution in [0.1, 0.15) is 30.5 Å². The van der Waals surface area contributed by atoms with Gasteiger partial charge in [0.2, 0.25) is 0 Å². The molecule has 0 spiro atoms. The predicted octanol–water partition coefficient (Wildman–Crippen LogP) is 6.96. The van der Waals surface area contributed by atoms with E-state index in [1.165, 1.54) is 5.56 Å². The second kappa shape index (κ2) is 9.39. The van der Waals surface area contributed by atoms with Gasteiger partial charge in [0.15, 0.2) is 5.82 Å². The van der Waals surface area contributed by atoms with Gasteiger partial charge in [-0.05, 0) is 59.4 Å². The summed E-state index contributed by atoms with van der Waals surface area (Å²) >= 11 is 4.42. The van der Waals surface area contributed by atoms with Gasteiger partial charge in [0, 0.05) is 11.6 Å². The van der Waals surface area contributed by atoms with Crippen molar-refractivity contribution in [1.82, 2.24) is 0 Å². The first-order valence-electron chi connectivity index (χ1n) is 9.24. The Morgan fingerprint density at radius 1 is 0.862 bits per heavy atom. The van der Waals surface area contributed by atoms with E-state index in [1.54, 1.807) is 0 Å². The molecule has 0 radical (unpaired) electrons. The summed E-state index contributed by atoms with van der Waals surface area (Å²) in [5, 5.41) is 2.02. The molecule has 0 fully saturated rings. The minimum atomic E-state index is -0.690. The van der Waals surface area contributed by atoms with Crippen LogP contribution in [0.25, 0.3) is 11.1 Å². The number of benzene rings is 3. The lowest BCUT2D eigenvalue weighted by atomic mass is 9.98. The average Bonchev–Trinajstić information content (AvgIpc) is 2.70. The molecule has 29 heavy (non-hydrogen) atoms. The van der Waals surface area contributed by atoms with E-state index >= 15 is 0 Å². The molecule has 0 aliphatic heterocycles. The van der Waals surface area contributed by atoms with Crippen molar-refractivity contribution < 1.29 is 8.78 Å². The summed E-state index contributed by atoms with van der Waals surface area (Å²) < 4.78 is 27.9. The van der Waals surface area contributed by atoms with E-state index < -0.39 is 11.6 Å². The molecule has 0 aromatic heterocycles. The fourth-order valence-corrected chi connectivity index (χ4v) is 3.06. The van der Waals surface area contributed by atoms with Crippen LogP contribution in [-0.4, -0.2) is 5.16 Å². The molecule has 0 aliphatic rings. The van der Waals surface area contributed by atoms with Crippen LogP contribution in [0.4, 0.5) is 14.5 Å². The standard InChI is InChI=1S/C25H19F2NS/c1-17(2)13-19-6-10-21(11-7-19)20-8-3-18(4-9-20)5-12-22-14-24(27)25(28-16-29)15-23(22)26/h3-4,6-11,14-15,17H,13H2,1-2H3. The normalized spacial score (nSPS) is 10.2. The van der Waals surface area contributed by atoms with Gasteiger partial charge < -0.3 is 0 Å². The molecule has 3 rings (SSSR count). The monoisotopic (exact) mass is 403 g/mol. The van der Waals surface area contributed by atoms with E-state index in [9.17, 15) is 8.78 Å². The van der Waals surface area contributed by atoms with E-state index in [0.717, 1.165) is 29.7 Å². The Bertz CT molecular complexity index is 1110. The highest BCUT2D eigenvalue weighted by atomic mass is 32.1. The minimum Gasteiger partial charge on any atom is -0.206 e. The molecule has 0 heterocycles. The summed E-state index contributed by atoms with van der Waals surface area (Å²) in [6.45, 7) is 4.41. The van der Waals surface area contributed by atoms with Crippen molar-refractivity contribution in [2.75, 3.05) is 0 Å². The highest BCUT2D eigenvalue weighted by Gasteiger charge is 2.07. The number of halogens is 2. The predicted molar refractivity (Wildman–Crippen MR) is 117 cm³/mol. The first kappa shape index (κ1) is 20.6. The van der Waals surface area contributed by atoms with Crippen molar-refractivity contribution in [3.63, 3.8) is 0 Å². The van der Waals surface area contributed by atoms with Crippen LogP contribution in [0.3, 0.4) is 0 Å². The molecule has 1 nitrogen and oxygen atoms in total. The second-order valence-electron chi connectivity index (χ2n) is 7.11. The van der Waals surface area contributed by atoms with Crippen molar-refractivity contribution in [3.05, 3.63) is 89.0 Å². The lowest BCUT2D eigenvalue weighted by molar-refractivity contribution is 0.599. The summed E-state index contributed by atoms with van der Waals surface area (Å²) in [5.41, 5.74) is 4.02. The number of thiocarbonyl (C=S) groups is 1. The number of rotatable bonds is 4. The summed E-state index contributed by atoms with van der Waals surface area (Å²) in [6, 6.07) is 18.2. The molecule has 3 aromatic carbocycles. The van der Waals surface area contributed by atoms with Crippen molar-refractivity contribution in [2.24, 2.45) is 10.9 Å². The van der Waals surface area contributed by atoms with Gasteiger partial charge in [-0.15, -0.1) is 0 Å². The van der Waals surface area contributed by atoms with Gasteiger partial charge in [-0.2, -0.15) is 4.99 Å². The van der Waals surface area contributed by atoms with E-state index in [1.807, 2.05) is 29.4 Å². The quantitative estimate of drug-likeness (QED) is 0.260. The Morgan fingerprint density at radius 3 is 2.07 bits per heavy atom. The lowest BCUT2D eigenvalue weighted by Gasteiger charge is -2.07. The molecule has 0 N–H and O–H groups in total. The van der Waals surface area contributed by atoms with Crippen molar-refractivity contribution >= 4 is 23.1 Å². The molecule has 0 bridgehead atoms. The van der Waals surface area contributed by atoms with Crippen LogP contribution in [0.5, 0.6) is 0 Å². The van der Waals surface area contributed by atoms with Gasteiger partial charge in [0.05, 0.1) is 10.7 Å². The summed E-state index contributed by atoms with van der Waals surface area (Å²) in [6.07, 6.45) is 1.06. The molecule has 4 heteroatoms. The van der Waals surface area contributed by atoms with Crippen LogP contribution in [-0.2, 0) is 6.42 Å². The fourth-order valence-electron chi connectivity index (χ4n) is 2.96.